The van der Waals surface area contributed by atoms with Crippen LogP contribution < -0.4 is 10.2 Å². The summed E-state index contributed by atoms with van der Waals surface area (Å²) in [6.07, 6.45) is 2.22. The van der Waals surface area contributed by atoms with Crippen LogP contribution in [-0.2, 0) is 0 Å². The van der Waals surface area contributed by atoms with E-state index in [9.17, 15) is 8.78 Å². The first kappa shape index (κ1) is 14.3. The number of nitrogens with one attached hydrogen (secondary N) is 1. The summed E-state index contributed by atoms with van der Waals surface area (Å²) in [4.78, 5) is 2.13. The number of hydrogen-bond acceptors (Lipinski definition) is 2. The van der Waals surface area contributed by atoms with E-state index in [2.05, 4.69) is 24.1 Å². The van der Waals surface area contributed by atoms with E-state index in [1.165, 1.54) is 12.1 Å². The molecule has 2 rings (SSSR count). The van der Waals surface area contributed by atoms with Crippen LogP contribution in [0, 0.1) is 17.6 Å². The maximum Gasteiger partial charge on any atom is 0.160 e. The number of piperidine rings is 1. The predicted octanol–water partition coefficient (Wildman–Crippen LogP) is 3.18. The number of benzene rings is 1. The standard InChI is InChI=1S/C15H22F2N2/c1-11(2)9-18-12-4-3-7-19(10-12)13-5-6-14(16)15(17)8-13/h5-6,8,11-12,18H,3-4,7,9-10H2,1-2H3. The summed E-state index contributed by atoms with van der Waals surface area (Å²) in [7, 11) is 0. The molecule has 1 fully saturated rings. The lowest BCUT2D eigenvalue weighted by atomic mass is 10.0. The Bertz CT molecular complexity index is 421. The van der Waals surface area contributed by atoms with E-state index in [0.29, 0.717) is 12.0 Å². The Hall–Kier alpha value is -1.16. The van der Waals surface area contributed by atoms with E-state index in [-0.39, 0.29) is 0 Å². The van der Waals surface area contributed by atoms with Crippen LogP contribution in [0.3, 0.4) is 0 Å². The summed E-state index contributed by atoms with van der Waals surface area (Å²) in [5.41, 5.74) is 0.773. The number of rotatable bonds is 4. The first-order valence-electron chi connectivity index (χ1n) is 6.99. The normalized spacial score (nSPS) is 20.1. The van der Waals surface area contributed by atoms with Gasteiger partial charge in [-0.25, -0.2) is 8.78 Å². The summed E-state index contributed by atoms with van der Waals surface area (Å²) in [5, 5.41) is 3.54. The van der Waals surface area contributed by atoms with Crippen LogP contribution in [0.1, 0.15) is 26.7 Å². The number of anilines is 1. The fraction of sp³-hybridized carbons (Fsp3) is 0.600. The van der Waals surface area contributed by atoms with Gasteiger partial charge in [0.25, 0.3) is 0 Å². The molecule has 0 bridgehead atoms. The summed E-state index contributed by atoms with van der Waals surface area (Å²) >= 11 is 0. The highest BCUT2D eigenvalue weighted by Crippen LogP contribution is 2.22. The van der Waals surface area contributed by atoms with E-state index in [1.807, 2.05) is 0 Å². The van der Waals surface area contributed by atoms with Gasteiger partial charge in [-0.2, -0.15) is 0 Å². The van der Waals surface area contributed by atoms with E-state index < -0.39 is 11.6 Å². The molecule has 1 heterocycles. The van der Waals surface area contributed by atoms with E-state index in [4.69, 9.17) is 0 Å². The van der Waals surface area contributed by atoms with E-state index >= 15 is 0 Å². The third-order valence-electron chi connectivity index (χ3n) is 3.50. The van der Waals surface area contributed by atoms with Crippen molar-refractivity contribution in [3.8, 4) is 0 Å². The zero-order chi connectivity index (χ0) is 13.8. The molecule has 2 nitrogen and oxygen atoms in total. The minimum atomic E-state index is -0.782. The largest absolute Gasteiger partial charge is 0.370 e. The zero-order valence-corrected chi connectivity index (χ0v) is 11.6. The lowest BCUT2D eigenvalue weighted by Crippen LogP contribution is -2.46. The van der Waals surface area contributed by atoms with Crippen molar-refractivity contribution in [3.05, 3.63) is 29.8 Å². The first-order valence-corrected chi connectivity index (χ1v) is 6.99. The molecular formula is C15H22F2N2. The van der Waals surface area contributed by atoms with Gasteiger partial charge in [-0.05, 0) is 37.4 Å². The van der Waals surface area contributed by atoms with Crippen LogP contribution in [-0.4, -0.2) is 25.7 Å². The average molecular weight is 268 g/mol. The quantitative estimate of drug-likeness (QED) is 0.902. The van der Waals surface area contributed by atoms with Gasteiger partial charge < -0.3 is 10.2 Å². The van der Waals surface area contributed by atoms with Crippen LogP contribution >= 0.6 is 0 Å². The second-order valence-electron chi connectivity index (χ2n) is 5.69. The first-order chi connectivity index (χ1) is 9.06. The minimum absolute atomic E-state index is 0.435. The predicted molar refractivity (Wildman–Crippen MR) is 74.4 cm³/mol. The van der Waals surface area contributed by atoms with Crippen LogP contribution in [0.5, 0.6) is 0 Å². The number of hydrogen-bond donors (Lipinski definition) is 1. The average Bonchev–Trinajstić information content (AvgIpc) is 2.40. The van der Waals surface area contributed by atoms with Gasteiger partial charge in [0.05, 0.1) is 0 Å². The lowest BCUT2D eigenvalue weighted by molar-refractivity contribution is 0.399. The molecule has 19 heavy (non-hydrogen) atoms. The van der Waals surface area contributed by atoms with Gasteiger partial charge in [0.1, 0.15) is 0 Å². The Labute approximate surface area is 113 Å². The Morgan fingerprint density at radius 2 is 2.11 bits per heavy atom. The molecule has 106 valence electrons. The van der Waals surface area contributed by atoms with Crippen molar-refractivity contribution in [2.75, 3.05) is 24.5 Å². The Kier molecular flexibility index (Phi) is 4.75. The van der Waals surface area contributed by atoms with E-state index in [0.717, 1.165) is 38.2 Å². The molecule has 0 spiro atoms. The molecule has 4 heteroatoms. The summed E-state index contributed by atoms with van der Waals surface area (Å²) < 4.78 is 26.2. The summed E-state index contributed by atoms with van der Waals surface area (Å²) in [6.45, 7) is 7.13. The van der Waals surface area contributed by atoms with Gasteiger partial charge in [-0.15, -0.1) is 0 Å². The molecule has 1 aliphatic rings. The Morgan fingerprint density at radius 3 is 2.79 bits per heavy atom. The van der Waals surface area contributed by atoms with Crippen molar-refractivity contribution in [2.24, 2.45) is 5.92 Å². The summed E-state index contributed by atoms with van der Waals surface area (Å²) in [6, 6.07) is 4.59. The molecule has 1 N–H and O–H groups in total. The van der Waals surface area contributed by atoms with Crippen LogP contribution in [0.4, 0.5) is 14.5 Å². The van der Waals surface area contributed by atoms with Gasteiger partial charge in [0.15, 0.2) is 11.6 Å². The molecule has 0 amide bonds. The monoisotopic (exact) mass is 268 g/mol. The van der Waals surface area contributed by atoms with Crippen molar-refractivity contribution in [3.63, 3.8) is 0 Å². The van der Waals surface area contributed by atoms with Gasteiger partial charge in [0.2, 0.25) is 0 Å². The second-order valence-corrected chi connectivity index (χ2v) is 5.69. The maximum atomic E-state index is 13.3. The molecule has 1 aliphatic heterocycles. The van der Waals surface area contributed by atoms with Crippen LogP contribution in [0.2, 0.25) is 0 Å². The topological polar surface area (TPSA) is 15.3 Å². The lowest BCUT2D eigenvalue weighted by Gasteiger charge is -2.35. The summed E-state index contributed by atoms with van der Waals surface area (Å²) in [5.74, 6) is -0.927. The fourth-order valence-corrected chi connectivity index (χ4v) is 2.46. The number of nitrogens with zero attached hydrogens (tertiary/aromatic N) is 1. The van der Waals surface area contributed by atoms with Gasteiger partial charge >= 0.3 is 0 Å². The van der Waals surface area contributed by atoms with Crippen molar-refractivity contribution in [1.82, 2.24) is 5.32 Å². The van der Waals surface area contributed by atoms with Gasteiger partial charge in [0, 0.05) is 30.9 Å². The molecule has 0 aliphatic carbocycles. The second kappa shape index (κ2) is 6.33. The number of halogens is 2. The van der Waals surface area contributed by atoms with Crippen molar-refractivity contribution in [2.45, 2.75) is 32.7 Å². The highest BCUT2D eigenvalue weighted by molar-refractivity contribution is 5.47. The zero-order valence-electron chi connectivity index (χ0n) is 11.6. The molecule has 0 aromatic heterocycles. The molecular weight excluding hydrogens is 246 g/mol. The molecule has 1 atom stereocenters. The van der Waals surface area contributed by atoms with Crippen molar-refractivity contribution < 1.29 is 8.78 Å². The third kappa shape index (κ3) is 3.90. The minimum Gasteiger partial charge on any atom is -0.370 e. The van der Waals surface area contributed by atoms with Gasteiger partial charge in [-0.1, -0.05) is 13.8 Å². The highest BCUT2D eigenvalue weighted by Gasteiger charge is 2.20. The molecule has 1 aromatic carbocycles. The van der Waals surface area contributed by atoms with Crippen molar-refractivity contribution >= 4 is 5.69 Å². The van der Waals surface area contributed by atoms with E-state index in [1.54, 1.807) is 6.07 Å². The third-order valence-corrected chi connectivity index (χ3v) is 3.50. The molecule has 1 saturated heterocycles. The van der Waals surface area contributed by atoms with Crippen LogP contribution in [0.15, 0.2) is 18.2 Å². The SMILES string of the molecule is CC(C)CNC1CCCN(c2ccc(F)c(F)c2)C1. The fourth-order valence-electron chi connectivity index (χ4n) is 2.46. The van der Waals surface area contributed by atoms with Crippen molar-refractivity contribution in [1.29, 1.82) is 0 Å². The van der Waals surface area contributed by atoms with Gasteiger partial charge in [-0.3, -0.25) is 0 Å². The molecule has 0 saturated carbocycles. The maximum absolute atomic E-state index is 13.3. The molecule has 1 aromatic rings. The Balaban J connectivity index is 1.98. The van der Waals surface area contributed by atoms with Crippen LogP contribution in [0.25, 0.3) is 0 Å². The Morgan fingerprint density at radius 1 is 1.32 bits per heavy atom. The molecule has 1 unspecified atom stereocenters. The highest BCUT2D eigenvalue weighted by atomic mass is 19.2. The molecule has 0 radical (unpaired) electrons. The smallest absolute Gasteiger partial charge is 0.160 e.